The van der Waals surface area contributed by atoms with Gasteiger partial charge in [0.25, 0.3) is 0 Å². The van der Waals surface area contributed by atoms with Gasteiger partial charge in [0.2, 0.25) is 10.1 Å². The second-order valence-corrected chi connectivity index (χ2v) is 6.92. The number of rotatable bonds is 3. The molecule has 0 saturated carbocycles. The molecule has 9 heteroatoms. The fourth-order valence-corrected chi connectivity index (χ4v) is 3.85. The Bertz CT molecular complexity index is 818. The van der Waals surface area contributed by atoms with Crippen LogP contribution in [0.5, 0.6) is 0 Å². The van der Waals surface area contributed by atoms with Crippen LogP contribution in [0.1, 0.15) is 0 Å². The molecule has 0 radical (unpaired) electrons. The highest BCUT2D eigenvalue weighted by Gasteiger charge is 2.32. The SMILES string of the molecule is FC(F)(F)CN1CCN(c2nn3cc(-c4ccccc4)nc3s2)CC1. The summed E-state index contributed by atoms with van der Waals surface area (Å²) in [5, 5.41) is 5.34. The lowest BCUT2D eigenvalue weighted by molar-refractivity contribution is -0.146. The van der Waals surface area contributed by atoms with E-state index in [1.54, 1.807) is 4.52 Å². The number of alkyl halides is 3. The number of hydrogen-bond donors (Lipinski definition) is 0. The Balaban J connectivity index is 1.46. The van der Waals surface area contributed by atoms with Crippen molar-refractivity contribution < 1.29 is 13.2 Å². The highest BCUT2D eigenvalue weighted by Crippen LogP contribution is 2.27. The lowest BCUT2D eigenvalue weighted by atomic mass is 10.2. The molecule has 25 heavy (non-hydrogen) atoms. The van der Waals surface area contributed by atoms with Crippen molar-refractivity contribution in [2.75, 3.05) is 37.6 Å². The largest absolute Gasteiger partial charge is 0.401 e. The van der Waals surface area contributed by atoms with Gasteiger partial charge in [-0.25, -0.2) is 9.50 Å². The van der Waals surface area contributed by atoms with E-state index in [0.717, 1.165) is 21.3 Å². The van der Waals surface area contributed by atoms with Crippen molar-refractivity contribution in [2.24, 2.45) is 0 Å². The minimum atomic E-state index is -4.14. The Morgan fingerprint density at radius 1 is 1.04 bits per heavy atom. The first-order valence-corrected chi connectivity index (χ1v) is 8.75. The molecule has 0 unspecified atom stereocenters. The van der Waals surface area contributed by atoms with Crippen molar-refractivity contribution in [3.05, 3.63) is 36.5 Å². The van der Waals surface area contributed by atoms with E-state index >= 15 is 0 Å². The van der Waals surface area contributed by atoms with Gasteiger partial charge in [0, 0.05) is 31.7 Å². The van der Waals surface area contributed by atoms with Gasteiger partial charge in [-0.05, 0) is 0 Å². The fraction of sp³-hybridized carbons (Fsp3) is 0.375. The highest BCUT2D eigenvalue weighted by atomic mass is 32.1. The number of benzene rings is 1. The third-order valence-electron chi connectivity index (χ3n) is 4.15. The number of fused-ring (bicyclic) bond motifs is 1. The summed E-state index contributed by atoms with van der Waals surface area (Å²) >= 11 is 1.46. The van der Waals surface area contributed by atoms with Crippen molar-refractivity contribution in [2.45, 2.75) is 6.18 Å². The van der Waals surface area contributed by atoms with Gasteiger partial charge in [-0.1, -0.05) is 41.7 Å². The molecule has 132 valence electrons. The number of nitrogens with zero attached hydrogens (tertiary/aromatic N) is 5. The van der Waals surface area contributed by atoms with Gasteiger partial charge in [-0.2, -0.15) is 13.2 Å². The minimum Gasteiger partial charge on any atom is -0.344 e. The summed E-state index contributed by atoms with van der Waals surface area (Å²) in [4.78, 5) is 8.83. The normalized spacial score (nSPS) is 16.7. The maximum atomic E-state index is 12.5. The van der Waals surface area contributed by atoms with E-state index in [9.17, 15) is 13.2 Å². The van der Waals surface area contributed by atoms with E-state index in [1.165, 1.54) is 16.2 Å². The zero-order valence-corrected chi connectivity index (χ0v) is 14.1. The van der Waals surface area contributed by atoms with E-state index in [0.29, 0.717) is 26.2 Å². The van der Waals surface area contributed by atoms with Crippen LogP contribution in [0.3, 0.4) is 0 Å². The number of aromatic nitrogens is 3. The zero-order chi connectivity index (χ0) is 17.4. The molecule has 1 aliphatic rings. The first-order valence-electron chi connectivity index (χ1n) is 7.94. The number of piperazine rings is 1. The predicted molar refractivity (Wildman–Crippen MR) is 91.0 cm³/mol. The molecule has 3 aromatic rings. The number of anilines is 1. The van der Waals surface area contributed by atoms with Crippen molar-refractivity contribution in [1.29, 1.82) is 0 Å². The average Bonchev–Trinajstić information content (AvgIpc) is 3.14. The van der Waals surface area contributed by atoms with Gasteiger partial charge in [0.1, 0.15) is 0 Å². The molecule has 0 aliphatic carbocycles. The smallest absolute Gasteiger partial charge is 0.344 e. The molecule has 1 saturated heterocycles. The fourth-order valence-electron chi connectivity index (χ4n) is 2.92. The lowest BCUT2D eigenvalue weighted by Gasteiger charge is -2.34. The Kier molecular flexibility index (Phi) is 4.12. The second-order valence-electron chi connectivity index (χ2n) is 5.98. The molecular formula is C16H16F3N5S. The van der Waals surface area contributed by atoms with Crippen LogP contribution in [-0.4, -0.2) is 58.4 Å². The first-order chi connectivity index (χ1) is 12.0. The first kappa shape index (κ1) is 16.3. The Morgan fingerprint density at radius 2 is 1.76 bits per heavy atom. The van der Waals surface area contributed by atoms with Crippen LogP contribution in [0, 0.1) is 0 Å². The number of hydrogen-bond acceptors (Lipinski definition) is 5. The molecule has 4 rings (SSSR count). The molecule has 1 fully saturated rings. The van der Waals surface area contributed by atoms with Gasteiger partial charge in [0.05, 0.1) is 18.4 Å². The predicted octanol–water partition coefficient (Wildman–Crippen LogP) is 3.14. The van der Waals surface area contributed by atoms with Crippen LogP contribution >= 0.6 is 11.3 Å². The maximum absolute atomic E-state index is 12.5. The average molecular weight is 367 g/mol. The molecule has 1 aliphatic heterocycles. The number of imidazole rings is 1. The molecule has 0 N–H and O–H groups in total. The van der Waals surface area contributed by atoms with Gasteiger partial charge >= 0.3 is 6.18 Å². The summed E-state index contributed by atoms with van der Waals surface area (Å²) in [6.07, 6.45) is -2.26. The quantitative estimate of drug-likeness (QED) is 0.713. The monoisotopic (exact) mass is 367 g/mol. The van der Waals surface area contributed by atoms with Crippen LogP contribution in [0.2, 0.25) is 0 Å². The Morgan fingerprint density at radius 3 is 2.40 bits per heavy atom. The van der Waals surface area contributed by atoms with Crippen LogP contribution in [0.4, 0.5) is 18.3 Å². The minimum absolute atomic E-state index is 0.386. The molecule has 3 heterocycles. The standard InChI is InChI=1S/C16H16F3N5S/c17-16(18,19)11-22-6-8-23(9-7-22)15-21-24-10-13(20-14(24)25-15)12-4-2-1-3-5-12/h1-5,10H,6-9,11H2. The zero-order valence-electron chi connectivity index (χ0n) is 13.3. The van der Waals surface area contributed by atoms with E-state index in [1.807, 2.05) is 41.4 Å². The summed E-state index contributed by atoms with van der Waals surface area (Å²) in [5.41, 5.74) is 1.89. The van der Waals surface area contributed by atoms with Gasteiger partial charge in [-0.15, -0.1) is 5.10 Å². The van der Waals surface area contributed by atoms with E-state index in [-0.39, 0.29) is 0 Å². The third kappa shape index (κ3) is 3.62. The molecule has 0 spiro atoms. The topological polar surface area (TPSA) is 36.7 Å². The molecule has 0 amide bonds. The van der Waals surface area contributed by atoms with Crippen LogP contribution in [-0.2, 0) is 0 Å². The summed E-state index contributed by atoms with van der Waals surface area (Å²) in [6.45, 7) is 1.01. The highest BCUT2D eigenvalue weighted by molar-refractivity contribution is 7.20. The molecule has 0 bridgehead atoms. The van der Waals surface area contributed by atoms with Crippen molar-refractivity contribution in [3.63, 3.8) is 0 Å². The Hall–Kier alpha value is -2.13. The summed E-state index contributed by atoms with van der Waals surface area (Å²) in [5.74, 6) is 0. The summed E-state index contributed by atoms with van der Waals surface area (Å²) in [7, 11) is 0. The van der Waals surface area contributed by atoms with E-state index in [4.69, 9.17) is 0 Å². The molecule has 2 aromatic heterocycles. The molecule has 1 aromatic carbocycles. The molecular weight excluding hydrogens is 351 g/mol. The Labute approximate surface area is 146 Å². The van der Waals surface area contributed by atoms with Gasteiger partial charge in [0.15, 0.2) is 0 Å². The third-order valence-corrected chi connectivity index (χ3v) is 5.13. The van der Waals surface area contributed by atoms with E-state index < -0.39 is 12.7 Å². The molecule has 5 nitrogen and oxygen atoms in total. The van der Waals surface area contributed by atoms with Crippen molar-refractivity contribution >= 4 is 21.4 Å². The van der Waals surface area contributed by atoms with Crippen molar-refractivity contribution in [3.8, 4) is 11.3 Å². The van der Waals surface area contributed by atoms with Crippen molar-refractivity contribution in [1.82, 2.24) is 19.5 Å². The van der Waals surface area contributed by atoms with Gasteiger partial charge in [-0.3, -0.25) is 4.90 Å². The van der Waals surface area contributed by atoms with Crippen LogP contribution < -0.4 is 4.90 Å². The lowest BCUT2D eigenvalue weighted by Crippen LogP contribution is -2.49. The summed E-state index contributed by atoms with van der Waals surface area (Å²) < 4.78 is 39.1. The molecule has 0 atom stereocenters. The van der Waals surface area contributed by atoms with Crippen LogP contribution in [0.15, 0.2) is 36.5 Å². The van der Waals surface area contributed by atoms with Gasteiger partial charge < -0.3 is 4.90 Å². The second kappa shape index (κ2) is 6.30. The van der Waals surface area contributed by atoms with Crippen LogP contribution in [0.25, 0.3) is 16.2 Å². The van der Waals surface area contributed by atoms with E-state index in [2.05, 4.69) is 10.1 Å². The maximum Gasteiger partial charge on any atom is 0.401 e. The number of halogens is 3. The summed E-state index contributed by atoms with van der Waals surface area (Å²) in [6, 6.07) is 9.86.